The van der Waals surface area contributed by atoms with Gasteiger partial charge in [0.2, 0.25) is 0 Å². The van der Waals surface area contributed by atoms with Crippen molar-refractivity contribution in [2.75, 3.05) is 0 Å². The molecule has 106 valence electrons. The van der Waals surface area contributed by atoms with Crippen molar-refractivity contribution in [1.29, 1.82) is 0 Å². The van der Waals surface area contributed by atoms with Crippen LogP contribution in [0.15, 0.2) is 48.8 Å². The maximum atomic E-state index is 14.0. The van der Waals surface area contributed by atoms with E-state index in [0.717, 1.165) is 12.1 Å². The summed E-state index contributed by atoms with van der Waals surface area (Å²) in [6.07, 6.45) is 2.95. The zero-order chi connectivity index (χ0) is 15.0. The molecule has 3 rings (SSSR count). The molecule has 1 heterocycles. The van der Waals surface area contributed by atoms with E-state index in [1.54, 1.807) is 0 Å². The predicted octanol–water partition coefficient (Wildman–Crippen LogP) is 4.61. The highest BCUT2D eigenvalue weighted by molar-refractivity contribution is 6.33. The molecule has 2 nitrogen and oxygen atoms in total. The first-order valence-corrected chi connectivity index (χ1v) is 6.39. The molecule has 0 saturated carbocycles. The summed E-state index contributed by atoms with van der Waals surface area (Å²) in [6, 6.07) is 7.65. The van der Waals surface area contributed by atoms with E-state index in [0.29, 0.717) is 5.69 Å². The number of nitrogens with zero attached hydrogens (tertiary/aromatic N) is 2. The lowest BCUT2D eigenvalue weighted by molar-refractivity contribution is 0.508. The maximum absolute atomic E-state index is 14.0. The Morgan fingerprint density at radius 3 is 2.48 bits per heavy atom. The zero-order valence-electron chi connectivity index (χ0n) is 10.5. The molecule has 0 amide bonds. The Morgan fingerprint density at radius 1 is 0.952 bits per heavy atom. The third kappa shape index (κ3) is 2.40. The maximum Gasteiger partial charge on any atom is 0.160 e. The Balaban J connectivity index is 2.20. The van der Waals surface area contributed by atoms with E-state index in [1.165, 1.54) is 41.2 Å². The van der Waals surface area contributed by atoms with Gasteiger partial charge in [-0.2, -0.15) is 0 Å². The van der Waals surface area contributed by atoms with Crippen molar-refractivity contribution in [3.05, 3.63) is 71.3 Å². The molecular formula is C15H8ClF3N2. The molecule has 0 N–H and O–H groups in total. The van der Waals surface area contributed by atoms with Crippen LogP contribution in [-0.4, -0.2) is 9.55 Å². The first-order chi connectivity index (χ1) is 10.1. The van der Waals surface area contributed by atoms with Gasteiger partial charge in [-0.05, 0) is 24.3 Å². The number of hydrogen-bond acceptors (Lipinski definition) is 1. The van der Waals surface area contributed by atoms with Gasteiger partial charge in [0.05, 0.1) is 16.3 Å². The van der Waals surface area contributed by atoms with E-state index in [1.807, 2.05) is 0 Å². The van der Waals surface area contributed by atoms with E-state index >= 15 is 0 Å². The molecule has 1 aromatic heterocycles. The summed E-state index contributed by atoms with van der Waals surface area (Å²) in [5, 5.41) is 0.185. The van der Waals surface area contributed by atoms with Gasteiger partial charge < -0.3 is 0 Å². The highest BCUT2D eigenvalue weighted by atomic mass is 35.5. The van der Waals surface area contributed by atoms with Gasteiger partial charge in [0, 0.05) is 18.5 Å². The van der Waals surface area contributed by atoms with E-state index in [9.17, 15) is 13.2 Å². The molecule has 0 aliphatic rings. The van der Waals surface area contributed by atoms with Gasteiger partial charge in [-0.25, -0.2) is 18.2 Å². The van der Waals surface area contributed by atoms with Gasteiger partial charge >= 0.3 is 0 Å². The van der Waals surface area contributed by atoms with Crippen LogP contribution >= 0.6 is 11.6 Å². The minimum atomic E-state index is -0.994. The summed E-state index contributed by atoms with van der Waals surface area (Å²) in [5.74, 6) is -2.28. The molecule has 0 bridgehead atoms. The van der Waals surface area contributed by atoms with Crippen LogP contribution in [0.4, 0.5) is 13.2 Å². The highest BCUT2D eigenvalue weighted by Crippen LogP contribution is 2.31. The lowest BCUT2D eigenvalue weighted by atomic mass is 10.2. The zero-order valence-corrected chi connectivity index (χ0v) is 11.3. The van der Waals surface area contributed by atoms with Crippen LogP contribution in [0, 0.1) is 17.5 Å². The van der Waals surface area contributed by atoms with Crippen LogP contribution in [0.1, 0.15) is 0 Å². The van der Waals surface area contributed by atoms with Crippen molar-refractivity contribution in [2.24, 2.45) is 0 Å². The molecule has 2 aromatic carbocycles. The fraction of sp³-hybridized carbons (Fsp3) is 0. The van der Waals surface area contributed by atoms with Gasteiger partial charge in [0.1, 0.15) is 11.6 Å². The van der Waals surface area contributed by atoms with E-state index in [-0.39, 0.29) is 16.4 Å². The second-order valence-electron chi connectivity index (χ2n) is 4.32. The van der Waals surface area contributed by atoms with Gasteiger partial charge in [-0.3, -0.25) is 4.57 Å². The molecule has 21 heavy (non-hydrogen) atoms. The minimum Gasteiger partial charge on any atom is -0.300 e. The van der Waals surface area contributed by atoms with Crippen LogP contribution in [0.25, 0.3) is 17.1 Å². The third-order valence-corrected chi connectivity index (χ3v) is 3.32. The molecule has 0 aliphatic heterocycles. The van der Waals surface area contributed by atoms with Crippen molar-refractivity contribution in [2.45, 2.75) is 0 Å². The number of imidazole rings is 1. The summed E-state index contributed by atoms with van der Waals surface area (Å²) < 4.78 is 41.8. The third-order valence-electron chi connectivity index (χ3n) is 3.01. The predicted molar refractivity (Wildman–Crippen MR) is 73.9 cm³/mol. The quantitative estimate of drug-likeness (QED) is 0.676. The number of halogens is 4. The average Bonchev–Trinajstić information content (AvgIpc) is 2.91. The number of hydrogen-bond donors (Lipinski definition) is 0. The van der Waals surface area contributed by atoms with Crippen LogP contribution < -0.4 is 0 Å². The van der Waals surface area contributed by atoms with Crippen LogP contribution in [0.5, 0.6) is 0 Å². The Kier molecular flexibility index (Phi) is 3.43. The van der Waals surface area contributed by atoms with Crippen LogP contribution in [0.3, 0.4) is 0 Å². The van der Waals surface area contributed by atoms with Gasteiger partial charge in [0.15, 0.2) is 11.6 Å². The standard InChI is InChI=1S/C15H8ClF3N2/c16-10-2-1-3-12(18)14(10)15-20-6-7-21(15)9-4-5-11(17)13(19)8-9/h1-8H. The SMILES string of the molecule is Fc1ccc(-n2ccnc2-c2c(F)cccc2Cl)cc1F. The molecule has 0 aliphatic carbocycles. The van der Waals surface area contributed by atoms with E-state index in [4.69, 9.17) is 11.6 Å². The highest BCUT2D eigenvalue weighted by Gasteiger charge is 2.16. The van der Waals surface area contributed by atoms with Gasteiger partial charge in [-0.1, -0.05) is 17.7 Å². The second kappa shape index (κ2) is 5.26. The van der Waals surface area contributed by atoms with Gasteiger partial charge in [0.25, 0.3) is 0 Å². The Bertz CT molecular complexity index is 794. The lowest BCUT2D eigenvalue weighted by Crippen LogP contribution is -2.00. The molecule has 6 heteroatoms. The molecular weight excluding hydrogens is 301 g/mol. The van der Waals surface area contributed by atoms with Crippen molar-refractivity contribution < 1.29 is 13.2 Å². The topological polar surface area (TPSA) is 17.8 Å². The summed E-state index contributed by atoms with van der Waals surface area (Å²) in [6.45, 7) is 0. The van der Waals surface area contributed by atoms with Crippen LogP contribution in [-0.2, 0) is 0 Å². The lowest BCUT2D eigenvalue weighted by Gasteiger charge is -2.10. The molecule has 0 atom stereocenters. The summed E-state index contributed by atoms with van der Waals surface area (Å²) >= 11 is 6.01. The first-order valence-electron chi connectivity index (χ1n) is 6.01. The monoisotopic (exact) mass is 308 g/mol. The van der Waals surface area contributed by atoms with E-state index in [2.05, 4.69) is 4.98 Å². The fourth-order valence-electron chi connectivity index (χ4n) is 2.04. The van der Waals surface area contributed by atoms with Crippen LogP contribution in [0.2, 0.25) is 5.02 Å². The first kappa shape index (κ1) is 13.7. The Morgan fingerprint density at radius 2 is 1.76 bits per heavy atom. The van der Waals surface area contributed by atoms with Crippen molar-refractivity contribution >= 4 is 11.6 Å². The summed E-state index contributed by atoms with van der Waals surface area (Å²) in [7, 11) is 0. The Labute approximate surface area is 123 Å². The molecule has 3 aromatic rings. The van der Waals surface area contributed by atoms with Crippen molar-refractivity contribution in [1.82, 2.24) is 9.55 Å². The second-order valence-corrected chi connectivity index (χ2v) is 4.72. The summed E-state index contributed by atoms with van der Waals surface area (Å²) in [4.78, 5) is 4.06. The number of rotatable bonds is 2. The minimum absolute atomic E-state index is 0.105. The molecule has 0 spiro atoms. The molecule has 0 unspecified atom stereocenters. The summed E-state index contributed by atoms with van der Waals surface area (Å²) in [5.41, 5.74) is 0.426. The molecule has 0 saturated heterocycles. The van der Waals surface area contributed by atoms with Crippen molar-refractivity contribution in [3.8, 4) is 17.1 Å². The van der Waals surface area contributed by atoms with Crippen molar-refractivity contribution in [3.63, 3.8) is 0 Å². The molecule has 0 fully saturated rings. The number of benzene rings is 2. The smallest absolute Gasteiger partial charge is 0.160 e. The van der Waals surface area contributed by atoms with Gasteiger partial charge in [-0.15, -0.1) is 0 Å². The number of aromatic nitrogens is 2. The average molecular weight is 309 g/mol. The van der Waals surface area contributed by atoms with E-state index < -0.39 is 17.5 Å². The largest absolute Gasteiger partial charge is 0.300 e. The molecule has 0 radical (unpaired) electrons. The normalized spacial score (nSPS) is 10.9. The fourth-order valence-corrected chi connectivity index (χ4v) is 2.29. The Hall–Kier alpha value is -2.27.